The topological polar surface area (TPSA) is 0 Å². The molecule has 0 saturated carbocycles. The summed E-state index contributed by atoms with van der Waals surface area (Å²) in [5.74, 6) is -10.2. The third-order valence-electron chi connectivity index (χ3n) is 1.17. The predicted octanol–water partition coefficient (Wildman–Crippen LogP) is 2.29. The van der Waals surface area contributed by atoms with Gasteiger partial charge in [-0.1, -0.05) is 4.90 Å². The Balaban J connectivity index is 0.00000144. The van der Waals surface area contributed by atoms with Crippen LogP contribution in [0.1, 0.15) is 0 Å². The van der Waals surface area contributed by atoms with Crippen LogP contribution in [0.4, 0.5) is 22.0 Å². The van der Waals surface area contributed by atoms with Gasteiger partial charge in [-0.25, -0.2) is 22.0 Å². The number of rotatable bonds is 0. The van der Waals surface area contributed by atoms with Gasteiger partial charge in [0.15, 0.2) is 17.5 Å². The number of halogens is 5. The smallest absolute Gasteiger partial charge is 0.774 e. The van der Waals surface area contributed by atoms with Crippen LogP contribution < -0.4 is 0 Å². The fourth-order valence-corrected chi connectivity index (χ4v) is 0.764. The summed E-state index contributed by atoms with van der Waals surface area (Å²) in [6, 6.07) is 0. The van der Waals surface area contributed by atoms with Crippen molar-refractivity contribution in [3.63, 3.8) is 0 Å². The average molecular weight is 263 g/mol. The minimum atomic E-state index is -2.20. The molecule has 0 unspecified atom stereocenters. The number of benzene rings is 1. The number of hydrogen-bond donors (Lipinski definition) is 0. The molecule has 0 radical (unpaired) electrons. The molecule has 76 valence electrons. The first-order valence-electron chi connectivity index (χ1n) is 2.65. The van der Waals surface area contributed by atoms with Crippen molar-refractivity contribution >= 4 is 12.6 Å². The van der Waals surface area contributed by atoms with Crippen molar-refractivity contribution in [1.82, 2.24) is 0 Å². The van der Waals surface area contributed by atoms with Gasteiger partial charge in [-0.15, -0.1) is 0 Å². The molecule has 1 aromatic carbocycles. The first kappa shape index (κ1) is 12.6. The van der Waals surface area contributed by atoms with Gasteiger partial charge in [0.2, 0.25) is 0 Å². The zero-order chi connectivity index (χ0) is 9.46. The molecule has 0 aliphatic rings. The summed E-state index contributed by atoms with van der Waals surface area (Å²) in [5.41, 5.74) is 0. The van der Waals surface area contributed by atoms with Gasteiger partial charge >= 0.3 is 17.1 Å². The second kappa shape index (κ2) is 4.21. The standard InChI is InChI=1S/C6HF5S.Cu/c7-1-2(8)4(10)6(12)5(11)3(1)9;/h12H;/q;+1/p-1. The third kappa shape index (κ3) is 1.92. The first-order valence-corrected chi connectivity index (χ1v) is 3.06. The summed E-state index contributed by atoms with van der Waals surface area (Å²) in [6.45, 7) is 0. The molecule has 0 N–H and O–H groups in total. The van der Waals surface area contributed by atoms with Crippen molar-refractivity contribution in [2.75, 3.05) is 0 Å². The van der Waals surface area contributed by atoms with Crippen LogP contribution in [0.2, 0.25) is 0 Å². The molecule has 1 rings (SSSR count). The van der Waals surface area contributed by atoms with Gasteiger partial charge in [0, 0.05) is 0 Å². The van der Waals surface area contributed by atoms with E-state index < -0.39 is 34.0 Å². The van der Waals surface area contributed by atoms with E-state index in [0.29, 0.717) is 0 Å². The molecule has 0 spiro atoms. The molecule has 1 aromatic rings. The fourth-order valence-electron chi connectivity index (χ4n) is 0.585. The number of hydrogen-bond acceptors (Lipinski definition) is 1. The van der Waals surface area contributed by atoms with Gasteiger partial charge < -0.3 is 12.6 Å². The SMILES string of the molecule is Fc1c(F)c(F)c([S-])c(F)c1F.[Cu+]. The molecule has 13 heavy (non-hydrogen) atoms. The molecule has 0 heterocycles. The Morgan fingerprint density at radius 1 is 0.615 bits per heavy atom. The Morgan fingerprint density at radius 3 is 1.15 bits per heavy atom. The van der Waals surface area contributed by atoms with Gasteiger partial charge in [-0.3, -0.25) is 0 Å². The van der Waals surface area contributed by atoms with Crippen molar-refractivity contribution < 1.29 is 39.0 Å². The Labute approximate surface area is 86.0 Å². The average Bonchev–Trinajstić information content (AvgIpc) is 2.08. The maximum Gasteiger partial charge on any atom is 1.00 e. The molecular weight excluding hydrogens is 263 g/mol. The molecule has 0 bridgehead atoms. The Kier molecular flexibility index (Phi) is 4.09. The zero-order valence-corrected chi connectivity index (χ0v) is 7.36. The Hall–Kier alpha value is -0.391. The van der Waals surface area contributed by atoms with Crippen LogP contribution in [0.15, 0.2) is 4.90 Å². The van der Waals surface area contributed by atoms with Gasteiger partial charge in [0.05, 0.1) is 0 Å². The first-order chi connectivity index (χ1) is 5.46. The van der Waals surface area contributed by atoms with E-state index in [1.165, 1.54) is 0 Å². The van der Waals surface area contributed by atoms with Gasteiger partial charge in [-0.05, 0) is 0 Å². The Bertz CT molecular complexity index is 235. The van der Waals surface area contributed by atoms with Crippen LogP contribution in [-0.2, 0) is 29.7 Å². The molecule has 0 aromatic heterocycles. The van der Waals surface area contributed by atoms with Gasteiger partial charge in [-0.2, -0.15) is 0 Å². The summed E-state index contributed by atoms with van der Waals surface area (Å²) in [5, 5.41) is 0. The second-order valence-electron chi connectivity index (χ2n) is 1.90. The summed E-state index contributed by atoms with van der Waals surface area (Å²) >= 11 is 3.93. The normalized spacial score (nSPS) is 9.62. The minimum Gasteiger partial charge on any atom is -0.774 e. The quantitative estimate of drug-likeness (QED) is 0.227. The fraction of sp³-hybridized carbons (Fsp3) is 0. The molecule has 0 aliphatic carbocycles. The van der Waals surface area contributed by atoms with Crippen molar-refractivity contribution in [3.05, 3.63) is 29.1 Å². The summed E-state index contributed by atoms with van der Waals surface area (Å²) in [4.78, 5) is -1.29. The van der Waals surface area contributed by atoms with Crippen LogP contribution in [0.25, 0.3) is 0 Å². The summed E-state index contributed by atoms with van der Waals surface area (Å²) in [7, 11) is 0. The van der Waals surface area contributed by atoms with Crippen LogP contribution in [-0.4, -0.2) is 0 Å². The van der Waals surface area contributed by atoms with E-state index in [1.54, 1.807) is 0 Å². The third-order valence-corrected chi connectivity index (χ3v) is 1.53. The molecule has 0 nitrogen and oxygen atoms in total. The molecule has 0 fully saturated rings. The van der Waals surface area contributed by atoms with E-state index >= 15 is 0 Å². The van der Waals surface area contributed by atoms with Gasteiger partial charge in [0.1, 0.15) is 11.6 Å². The molecule has 7 heteroatoms. The van der Waals surface area contributed by atoms with E-state index in [4.69, 9.17) is 0 Å². The van der Waals surface area contributed by atoms with Gasteiger partial charge in [0.25, 0.3) is 0 Å². The van der Waals surface area contributed by atoms with Crippen molar-refractivity contribution in [2.24, 2.45) is 0 Å². The predicted molar refractivity (Wildman–Crippen MR) is 31.9 cm³/mol. The largest absolute Gasteiger partial charge is 1.00 e. The second-order valence-corrected chi connectivity index (χ2v) is 2.31. The molecular formula is C6CuF5S. The Morgan fingerprint density at radius 2 is 0.846 bits per heavy atom. The van der Waals surface area contributed by atoms with E-state index in [1.807, 2.05) is 0 Å². The summed E-state index contributed by atoms with van der Waals surface area (Å²) < 4.78 is 61.2. The molecule has 0 saturated heterocycles. The zero-order valence-electron chi connectivity index (χ0n) is 5.60. The monoisotopic (exact) mass is 262 g/mol. The maximum atomic E-state index is 12.3. The van der Waals surface area contributed by atoms with E-state index in [2.05, 4.69) is 12.6 Å². The van der Waals surface area contributed by atoms with Crippen LogP contribution in [0.5, 0.6) is 0 Å². The molecule has 0 amide bonds. The van der Waals surface area contributed by atoms with Crippen molar-refractivity contribution in [2.45, 2.75) is 4.90 Å². The minimum absolute atomic E-state index is 0. The maximum absolute atomic E-state index is 12.3. The van der Waals surface area contributed by atoms with Crippen molar-refractivity contribution in [1.29, 1.82) is 0 Å². The van der Waals surface area contributed by atoms with E-state index in [-0.39, 0.29) is 17.1 Å². The summed E-state index contributed by atoms with van der Waals surface area (Å²) in [6.07, 6.45) is 0. The molecule has 0 atom stereocenters. The van der Waals surface area contributed by atoms with Crippen LogP contribution in [0.3, 0.4) is 0 Å². The van der Waals surface area contributed by atoms with E-state index in [9.17, 15) is 22.0 Å². The van der Waals surface area contributed by atoms with E-state index in [0.717, 1.165) is 0 Å². The van der Waals surface area contributed by atoms with Crippen LogP contribution >= 0.6 is 0 Å². The molecule has 0 aliphatic heterocycles. The van der Waals surface area contributed by atoms with Crippen LogP contribution in [0, 0.1) is 29.1 Å². The van der Waals surface area contributed by atoms with Crippen molar-refractivity contribution in [3.8, 4) is 0 Å².